The molecular formula is C18H28N2O4S. The fraction of sp³-hybridized carbons (Fsp3) is 0.556. The van der Waals surface area contributed by atoms with Crippen LogP contribution in [-0.2, 0) is 10.0 Å². The molecule has 6 nitrogen and oxygen atoms in total. The number of nitrogens with one attached hydrogen (secondary N) is 1. The van der Waals surface area contributed by atoms with E-state index in [4.69, 9.17) is 0 Å². The van der Waals surface area contributed by atoms with Crippen molar-refractivity contribution in [3.8, 4) is 0 Å². The van der Waals surface area contributed by atoms with Gasteiger partial charge in [-0.25, -0.2) is 18.3 Å². The second-order valence-electron chi connectivity index (χ2n) is 6.60. The number of hydrogen-bond acceptors (Lipinski definition) is 5. The van der Waals surface area contributed by atoms with Gasteiger partial charge in [0, 0.05) is 6.54 Å². The molecule has 1 aliphatic carbocycles. The van der Waals surface area contributed by atoms with Crippen LogP contribution in [0.3, 0.4) is 0 Å². The topological polar surface area (TPSA) is 89.9 Å². The lowest BCUT2D eigenvalue weighted by Gasteiger charge is -2.40. The number of sulfonamides is 1. The van der Waals surface area contributed by atoms with E-state index >= 15 is 0 Å². The molecule has 1 aromatic carbocycles. The molecule has 0 spiro atoms. The van der Waals surface area contributed by atoms with E-state index in [2.05, 4.69) is 12.3 Å². The van der Waals surface area contributed by atoms with E-state index in [-0.39, 0.29) is 0 Å². The number of unbranched alkanes of at least 4 members (excludes halogenated alkanes) is 1. The number of anilines is 1. The maximum absolute atomic E-state index is 12.0. The normalized spacial score (nSPS) is 18.1. The summed E-state index contributed by atoms with van der Waals surface area (Å²) in [5.74, 6) is 0. The molecule has 25 heavy (non-hydrogen) atoms. The number of hydrazine groups is 1. The van der Waals surface area contributed by atoms with Crippen LogP contribution < -0.4 is 9.84 Å². The number of allylic oxidation sites excluding steroid dienone is 1. The standard InChI is InChI=1S/C18H28N2O4S/c1-3-4-5-6-14-19-20(25(2,23)24)16-10-8-15(9-11-16)17(21)18(22)12-7-13-18/h5-6,8-11,17,19,21-22H,3-4,7,12-14H2,1-2H3/b6-5-. The van der Waals surface area contributed by atoms with Crippen molar-refractivity contribution < 1.29 is 18.6 Å². The van der Waals surface area contributed by atoms with Crippen LogP contribution in [0.5, 0.6) is 0 Å². The second kappa shape index (κ2) is 8.31. The van der Waals surface area contributed by atoms with Gasteiger partial charge in [0.15, 0.2) is 0 Å². The monoisotopic (exact) mass is 368 g/mol. The first kappa shape index (κ1) is 19.9. The van der Waals surface area contributed by atoms with Crippen LogP contribution in [0.1, 0.15) is 50.7 Å². The van der Waals surface area contributed by atoms with Crippen LogP contribution in [0, 0.1) is 0 Å². The minimum absolute atomic E-state index is 0.400. The summed E-state index contributed by atoms with van der Waals surface area (Å²) in [7, 11) is -3.49. The van der Waals surface area contributed by atoms with Crippen LogP contribution in [0.2, 0.25) is 0 Å². The van der Waals surface area contributed by atoms with Crippen LogP contribution in [0.4, 0.5) is 5.69 Å². The summed E-state index contributed by atoms with van der Waals surface area (Å²) < 4.78 is 25.2. The van der Waals surface area contributed by atoms with Gasteiger partial charge < -0.3 is 10.2 Å². The molecule has 7 heteroatoms. The molecule has 1 aromatic rings. The molecule has 1 atom stereocenters. The summed E-state index contributed by atoms with van der Waals surface area (Å²) in [5.41, 5.74) is 2.87. The number of benzene rings is 1. The third-order valence-corrected chi connectivity index (χ3v) is 5.48. The Morgan fingerprint density at radius 1 is 1.28 bits per heavy atom. The van der Waals surface area contributed by atoms with E-state index in [1.165, 1.54) is 0 Å². The Morgan fingerprint density at radius 3 is 2.40 bits per heavy atom. The highest BCUT2D eigenvalue weighted by Crippen LogP contribution is 2.42. The molecule has 3 N–H and O–H groups in total. The van der Waals surface area contributed by atoms with Gasteiger partial charge in [-0.3, -0.25) is 0 Å². The predicted molar refractivity (Wildman–Crippen MR) is 99.6 cm³/mol. The zero-order valence-corrected chi connectivity index (χ0v) is 15.7. The van der Waals surface area contributed by atoms with E-state index in [0.717, 1.165) is 29.9 Å². The third kappa shape index (κ3) is 5.04. The molecule has 0 heterocycles. The van der Waals surface area contributed by atoms with Gasteiger partial charge >= 0.3 is 0 Å². The van der Waals surface area contributed by atoms with E-state index in [0.29, 0.717) is 30.6 Å². The van der Waals surface area contributed by atoms with Crippen molar-refractivity contribution in [2.24, 2.45) is 0 Å². The van der Waals surface area contributed by atoms with E-state index in [1.54, 1.807) is 24.3 Å². The second-order valence-corrected chi connectivity index (χ2v) is 8.43. The lowest BCUT2D eigenvalue weighted by atomic mass is 9.74. The first-order valence-electron chi connectivity index (χ1n) is 8.67. The Hall–Kier alpha value is -1.41. The molecule has 0 aliphatic heterocycles. The van der Waals surface area contributed by atoms with Gasteiger partial charge in [-0.1, -0.05) is 37.6 Å². The van der Waals surface area contributed by atoms with Crippen LogP contribution >= 0.6 is 0 Å². The molecule has 2 rings (SSSR count). The van der Waals surface area contributed by atoms with Gasteiger partial charge in [0.05, 0.1) is 17.5 Å². The SMILES string of the molecule is CCC/C=C\CNN(c1ccc(C(O)C2(O)CCC2)cc1)S(C)(=O)=O. The third-order valence-electron chi connectivity index (χ3n) is 4.48. The first-order valence-corrected chi connectivity index (χ1v) is 10.5. The van der Waals surface area contributed by atoms with Crippen molar-refractivity contribution in [1.82, 2.24) is 5.43 Å². The van der Waals surface area contributed by atoms with E-state index in [1.807, 2.05) is 12.2 Å². The van der Waals surface area contributed by atoms with Gasteiger partial charge in [0.1, 0.15) is 6.10 Å². The Kier molecular flexibility index (Phi) is 6.62. The van der Waals surface area contributed by atoms with Crippen molar-refractivity contribution in [2.45, 2.75) is 50.7 Å². The van der Waals surface area contributed by atoms with Crippen molar-refractivity contribution >= 4 is 15.7 Å². The van der Waals surface area contributed by atoms with Gasteiger partial charge in [0.25, 0.3) is 0 Å². The zero-order valence-electron chi connectivity index (χ0n) is 14.9. The zero-order chi connectivity index (χ0) is 18.5. The lowest BCUT2D eigenvalue weighted by molar-refractivity contribution is -0.127. The number of aliphatic hydroxyl groups is 2. The average molecular weight is 368 g/mol. The minimum atomic E-state index is -3.49. The Balaban J connectivity index is 2.10. The summed E-state index contributed by atoms with van der Waals surface area (Å²) in [4.78, 5) is 0. The highest BCUT2D eigenvalue weighted by molar-refractivity contribution is 7.92. The predicted octanol–water partition coefficient (Wildman–Crippen LogP) is 2.26. The Bertz CT molecular complexity index is 682. The quantitative estimate of drug-likeness (QED) is 0.459. The van der Waals surface area contributed by atoms with Crippen LogP contribution in [0.25, 0.3) is 0 Å². The average Bonchev–Trinajstić information content (AvgIpc) is 2.54. The number of aliphatic hydroxyl groups excluding tert-OH is 1. The number of nitrogens with zero attached hydrogens (tertiary/aromatic N) is 1. The van der Waals surface area contributed by atoms with Crippen LogP contribution in [-0.4, -0.2) is 37.0 Å². The Labute approximate surface area is 150 Å². The first-order chi connectivity index (χ1) is 11.8. The van der Waals surface area contributed by atoms with Crippen molar-refractivity contribution in [3.63, 3.8) is 0 Å². The number of rotatable bonds is 9. The summed E-state index contributed by atoms with van der Waals surface area (Å²) in [6, 6.07) is 6.57. The Morgan fingerprint density at radius 2 is 1.92 bits per heavy atom. The smallest absolute Gasteiger partial charge is 0.245 e. The molecule has 0 radical (unpaired) electrons. The van der Waals surface area contributed by atoms with Gasteiger partial charge in [-0.05, 0) is 43.4 Å². The molecule has 0 amide bonds. The van der Waals surface area contributed by atoms with Gasteiger partial charge in [-0.15, -0.1) is 0 Å². The highest BCUT2D eigenvalue weighted by atomic mass is 32.2. The van der Waals surface area contributed by atoms with E-state index in [9.17, 15) is 18.6 Å². The summed E-state index contributed by atoms with van der Waals surface area (Å²) in [5, 5.41) is 20.6. The molecule has 0 saturated heterocycles. The van der Waals surface area contributed by atoms with Gasteiger partial charge in [-0.2, -0.15) is 0 Å². The molecule has 0 aromatic heterocycles. The maximum Gasteiger partial charge on any atom is 0.245 e. The molecular weight excluding hydrogens is 340 g/mol. The number of hydrogen-bond donors (Lipinski definition) is 3. The highest BCUT2D eigenvalue weighted by Gasteiger charge is 2.42. The van der Waals surface area contributed by atoms with Crippen LogP contribution in [0.15, 0.2) is 36.4 Å². The lowest BCUT2D eigenvalue weighted by Crippen LogP contribution is -2.43. The van der Waals surface area contributed by atoms with Crippen molar-refractivity contribution in [1.29, 1.82) is 0 Å². The van der Waals surface area contributed by atoms with E-state index < -0.39 is 21.7 Å². The maximum atomic E-state index is 12.0. The fourth-order valence-electron chi connectivity index (χ4n) is 2.82. The molecule has 1 unspecified atom stereocenters. The van der Waals surface area contributed by atoms with Crippen molar-refractivity contribution in [2.75, 3.05) is 17.2 Å². The molecule has 140 valence electrons. The minimum Gasteiger partial charge on any atom is -0.387 e. The fourth-order valence-corrected chi connectivity index (χ4v) is 3.63. The molecule has 1 aliphatic rings. The summed E-state index contributed by atoms with van der Waals surface area (Å²) in [6.45, 7) is 2.48. The summed E-state index contributed by atoms with van der Waals surface area (Å²) in [6.07, 6.45) is 8.15. The molecule has 1 saturated carbocycles. The molecule has 0 bridgehead atoms. The summed E-state index contributed by atoms with van der Waals surface area (Å²) >= 11 is 0. The van der Waals surface area contributed by atoms with Crippen molar-refractivity contribution in [3.05, 3.63) is 42.0 Å². The molecule has 1 fully saturated rings. The largest absolute Gasteiger partial charge is 0.387 e. The van der Waals surface area contributed by atoms with Gasteiger partial charge in [0.2, 0.25) is 10.0 Å².